The largest absolute Gasteiger partial charge is 0.483 e. The number of thiocarbonyl (C=S) groups is 1. The number of hydrogen-bond acceptors (Lipinski definition) is 8. The summed E-state index contributed by atoms with van der Waals surface area (Å²) in [5.41, 5.74) is 0.150. The Balaban J connectivity index is 2.20. The van der Waals surface area contributed by atoms with Crippen molar-refractivity contribution in [2.45, 2.75) is 59.1 Å². The Morgan fingerprint density at radius 1 is 1.34 bits per heavy atom. The van der Waals surface area contributed by atoms with Gasteiger partial charge >= 0.3 is 6.09 Å². The summed E-state index contributed by atoms with van der Waals surface area (Å²) in [6, 6.07) is 2.24. The van der Waals surface area contributed by atoms with E-state index in [2.05, 4.69) is 16.0 Å². The Morgan fingerprint density at radius 3 is 2.48 bits per heavy atom. The lowest BCUT2D eigenvalue weighted by Crippen LogP contribution is -2.47. The third kappa shape index (κ3) is 5.76. The highest BCUT2D eigenvalue weighted by atomic mass is 32.1. The molecule has 2 rings (SSSR count). The monoisotopic (exact) mass is 419 g/mol. The Bertz CT molecular complexity index is 808. The van der Waals surface area contributed by atoms with Gasteiger partial charge in [-0.3, -0.25) is 0 Å². The number of nitriles is 1. The molecule has 8 nitrogen and oxygen atoms in total. The predicted octanol–water partition coefficient (Wildman–Crippen LogP) is 3.20. The molecule has 0 aliphatic carbocycles. The molecule has 1 saturated heterocycles. The Morgan fingerprint density at radius 2 is 1.97 bits per heavy atom. The van der Waals surface area contributed by atoms with E-state index in [1.54, 1.807) is 11.8 Å². The number of nitrogens with zero attached hydrogens (tertiary/aromatic N) is 5. The van der Waals surface area contributed by atoms with Gasteiger partial charge in [0.25, 0.3) is 0 Å². The minimum Gasteiger partial charge on any atom is -0.483 e. The van der Waals surface area contributed by atoms with E-state index < -0.39 is 5.60 Å². The molecule has 29 heavy (non-hydrogen) atoms. The highest BCUT2D eigenvalue weighted by Gasteiger charge is 2.31. The van der Waals surface area contributed by atoms with Gasteiger partial charge in [0, 0.05) is 26.2 Å². The summed E-state index contributed by atoms with van der Waals surface area (Å²) < 4.78 is 11.0. The number of rotatable bonds is 4. The maximum atomic E-state index is 12.3. The average molecular weight is 420 g/mol. The molecular weight excluding hydrogens is 390 g/mol. The normalized spacial score (nSPS) is 14.9. The molecule has 0 unspecified atom stereocenters. The molecule has 0 atom stereocenters. The van der Waals surface area contributed by atoms with Crippen molar-refractivity contribution >= 4 is 29.2 Å². The summed E-state index contributed by atoms with van der Waals surface area (Å²) in [5, 5.41) is 9.75. The van der Waals surface area contributed by atoms with Crippen LogP contribution in [0.5, 0.6) is 0 Å². The van der Waals surface area contributed by atoms with Crippen molar-refractivity contribution in [2.24, 2.45) is 0 Å². The quantitative estimate of drug-likeness (QED) is 0.687. The van der Waals surface area contributed by atoms with E-state index in [-0.39, 0.29) is 22.9 Å². The Labute approximate surface area is 177 Å². The second kappa shape index (κ2) is 9.35. The molecule has 0 bridgehead atoms. The molecule has 158 valence electrons. The highest BCUT2D eigenvalue weighted by molar-refractivity contribution is 7.80. The van der Waals surface area contributed by atoms with Crippen LogP contribution in [0.4, 0.5) is 10.6 Å². The van der Waals surface area contributed by atoms with Crippen molar-refractivity contribution in [3.63, 3.8) is 0 Å². The van der Waals surface area contributed by atoms with Gasteiger partial charge in [-0.15, -0.1) is 0 Å². The first-order valence-electron chi connectivity index (χ1n) is 9.74. The molecule has 0 saturated carbocycles. The lowest BCUT2D eigenvalue weighted by molar-refractivity contribution is 0.0205. The number of amides is 1. The summed E-state index contributed by atoms with van der Waals surface area (Å²) in [4.78, 5) is 24.8. The van der Waals surface area contributed by atoms with E-state index >= 15 is 0 Å². The van der Waals surface area contributed by atoms with Crippen LogP contribution in [-0.4, -0.2) is 64.4 Å². The zero-order chi connectivity index (χ0) is 21.8. The number of piperidine rings is 1. The van der Waals surface area contributed by atoms with Crippen LogP contribution in [0, 0.1) is 18.3 Å². The SMILES string of the molecule is CCOC(=S)c1c(C#N)nc(C)nc1N(C)C1CCN(C(=O)OC(C)(C)C)CC1. The van der Waals surface area contributed by atoms with Gasteiger partial charge in [0.1, 0.15) is 28.9 Å². The lowest BCUT2D eigenvalue weighted by Gasteiger charge is -2.38. The summed E-state index contributed by atoms with van der Waals surface area (Å²) in [6.07, 6.45) is 1.21. The van der Waals surface area contributed by atoms with E-state index in [1.807, 2.05) is 39.6 Å². The van der Waals surface area contributed by atoms with Crippen molar-refractivity contribution in [3.8, 4) is 6.07 Å². The summed E-state index contributed by atoms with van der Waals surface area (Å²) in [7, 11) is 1.93. The van der Waals surface area contributed by atoms with Crippen molar-refractivity contribution in [1.29, 1.82) is 5.26 Å². The standard InChI is InChI=1S/C20H29N5O3S/c1-7-27-18(29)16-15(12-21)22-13(2)23-17(16)24(6)14-8-10-25(11-9-14)19(26)28-20(3,4)5/h14H,7-11H2,1-6H3. The van der Waals surface area contributed by atoms with Crippen LogP contribution in [0.2, 0.25) is 0 Å². The maximum Gasteiger partial charge on any atom is 0.410 e. The van der Waals surface area contributed by atoms with E-state index in [0.717, 1.165) is 12.8 Å². The summed E-state index contributed by atoms with van der Waals surface area (Å²) in [6.45, 7) is 10.7. The minimum absolute atomic E-state index is 0.137. The van der Waals surface area contributed by atoms with Gasteiger partial charge in [0.05, 0.1) is 6.61 Å². The van der Waals surface area contributed by atoms with Crippen molar-refractivity contribution in [3.05, 3.63) is 17.1 Å². The highest BCUT2D eigenvalue weighted by Crippen LogP contribution is 2.27. The smallest absolute Gasteiger partial charge is 0.410 e. The van der Waals surface area contributed by atoms with E-state index in [0.29, 0.717) is 36.9 Å². The Kier molecular flexibility index (Phi) is 7.36. The molecule has 1 aliphatic rings. The number of anilines is 1. The van der Waals surface area contributed by atoms with Crippen molar-refractivity contribution in [2.75, 3.05) is 31.6 Å². The maximum absolute atomic E-state index is 12.3. The van der Waals surface area contributed by atoms with Crippen LogP contribution in [0.25, 0.3) is 0 Å². The van der Waals surface area contributed by atoms with Crippen LogP contribution in [-0.2, 0) is 9.47 Å². The average Bonchev–Trinajstić information content (AvgIpc) is 2.65. The third-order valence-corrected chi connectivity index (χ3v) is 4.91. The predicted molar refractivity (Wildman–Crippen MR) is 114 cm³/mol. The summed E-state index contributed by atoms with van der Waals surface area (Å²) >= 11 is 5.38. The first kappa shape index (κ1) is 22.8. The number of aryl methyl sites for hydroxylation is 1. The van der Waals surface area contributed by atoms with Crippen LogP contribution < -0.4 is 4.90 Å². The van der Waals surface area contributed by atoms with E-state index in [9.17, 15) is 10.1 Å². The molecule has 1 aliphatic heterocycles. The fourth-order valence-electron chi connectivity index (χ4n) is 3.22. The zero-order valence-corrected chi connectivity index (χ0v) is 18.8. The molecule has 0 spiro atoms. The number of carbonyl (C=O) groups is 1. The molecule has 2 heterocycles. The topological polar surface area (TPSA) is 91.6 Å². The first-order valence-corrected chi connectivity index (χ1v) is 10.1. The summed E-state index contributed by atoms with van der Waals surface area (Å²) in [5.74, 6) is 1.08. The molecule has 1 aromatic heterocycles. The molecule has 1 amide bonds. The van der Waals surface area contributed by atoms with Gasteiger partial charge in [-0.05, 0) is 59.7 Å². The number of hydrogen-bond donors (Lipinski definition) is 0. The molecule has 9 heteroatoms. The molecule has 1 aromatic rings. The second-order valence-corrected chi connectivity index (χ2v) is 8.33. The fraction of sp³-hybridized carbons (Fsp3) is 0.650. The Hall–Kier alpha value is -2.47. The first-order chi connectivity index (χ1) is 13.6. The van der Waals surface area contributed by atoms with Crippen LogP contribution in [0.15, 0.2) is 0 Å². The molecule has 0 N–H and O–H groups in total. The van der Waals surface area contributed by atoms with Gasteiger partial charge in [-0.2, -0.15) is 5.26 Å². The van der Waals surface area contributed by atoms with Crippen LogP contribution in [0.3, 0.4) is 0 Å². The minimum atomic E-state index is -0.513. The lowest BCUT2D eigenvalue weighted by atomic mass is 10.0. The number of aromatic nitrogens is 2. The van der Waals surface area contributed by atoms with Crippen LogP contribution >= 0.6 is 12.2 Å². The van der Waals surface area contributed by atoms with Gasteiger partial charge in [-0.1, -0.05) is 0 Å². The van der Waals surface area contributed by atoms with E-state index in [1.165, 1.54) is 0 Å². The second-order valence-electron chi connectivity index (χ2n) is 7.96. The third-order valence-electron chi connectivity index (χ3n) is 4.59. The van der Waals surface area contributed by atoms with Crippen molar-refractivity contribution < 1.29 is 14.3 Å². The molecule has 1 fully saturated rings. The molecular formula is C20H29N5O3S. The van der Waals surface area contributed by atoms with Gasteiger partial charge in [-0.25, -0.2) is 14.8 Å². The van der Waals surface area contributed by atoms with Gasteiger partial charge < -0.3 is 19.3 Å². The van der Waals surface area contributed by atoms with Gasteiger partial charge in [0.15, 0.2) is 10.7 Å². The van der Waals surface area contributed by atoms with Crippen LogP contribution in [0.1, 0.15) is 57.6 Å². The van der Waals surface area contributed by atoms with Gasteiger partial charge in [0.2, 0.25) is 0 Å². The number of likely N-dealkylation sites (tertiary alicyclic amines) is 1. The molecule has 0 radical (unpaired) electrons. The zero-order valence-electron chi connectivity index (χ0n) is 18.0. The fourth-order valence-corrected chi connectivity index (χ4v) is 3.53. The van der Waals surface area contributed by atoms with Crippen molar-refractivity contribution in [1.82, 2.24) is 14.9 Å². The number of carbonyl (C=O) groups excluding carboxylic acids is 1. The number of ether oxygens (including phenoxy) is 2. The van der Waals surface area contributed by atoms with E-state index in [4.69, 9.17) is 21.7 Å². The molecule has 0 aromatic carbocycles.